The van der Waals surface area contributed by atoms with Crippen molar-refractivity contribution < 1.29 is 9.53 Å². The predicted octanol–water partition coefficient (Wildman–Crippen LogP) is 2.26. The van der Waals surface area contributed by atoms with E-state index in [1.54, 1.807) is 0 Å². The Morgan fingerprint density at radius 1 is 1.43 bits per heavy atom. The molecule has 1 unspecified atom stereocenters. The number of amides is 1. The molecule has 1 atom stereocenters. The van der Waals surface area contributed by atoms with Crippen LogP contribution in [-0.4, -0.2) is 70.3 Å². The minimum Gasteiger partial charge on any atom is -0.489 e. The van der Waals surface area contributed by atoms with Gasteiger partial charge in [-0.1, -0.05) is 12.1 Å². The van der Waals surface area contributed by atoms with Crippen LogP contribution in [0.15, 0.2) is 30.5 Å². The van der Waals surface area contributed by atoms with Crippen molar-refractivity contribution in [1.29, 1.82) is 0 Å². The van der Waals surface area contributed by atoms with Crippen molar-refractivity contribution in [2.24, 2.45) is 0 Å². The van der Waals surface area contributed by atoms with Crippen LogP contribution in [0.25, 0.3) is 0 Å². The highest BCUT2D eigenvalue weighted by molar-refractivity contribution is 6.99. The lowest BCUT2D eigenvalue weighted by Crippen LogP contribution is -2.41. The fourth-order valence-electron chi connectivity index (χ4n) is 3.44. The van der Waals surface area contributed by atoms with E-state index in [-0.39, 0.29) is 12.0 Å². The summed E-state index contributed by atoms with van der Waals surface area (Å²) in [4.78, 5) is 16.8. The highest BCUT2D eigenvalue weighted by atomic mass is 32.1. The van der Waals surface area contributed by atoms with E-state index < -0.39 is 0 Å². The van der Waals surface area contributed by atoms with Gasteiger partial charge in [0.1, 0.15) is 11.9 Å². The van der Waals surface area contributed by atoms with Crippen molar-refractivity contribution in [3.8, 4) is 5.75 Å². The first-order valence-corrected chi connectivity index (χ1v) is 10.4. The number of likely N-dealkylation sites (tertiary alicyclic amines) is 1. The van der Waals surface area contributed by atoms with E-state index in [4.69, 9.17) is 4.74 Å². The molecule has 1 N–H and O–H groups in total. The Morgan fingerprint density at radius 3 is 2.93 bits per heavy atom. The average Bonchev–Trinajstić information content (AvgIpc) is 3.22. The van der Waals surface area contributed by atoms with Crippen LogP contribution in [-0.2, 0) is 6.54 Å². The van der Waals surface area contributed by atoms with Crippen LogP contribution in [0.1, 0.15) is 35.8 Å². The molecule has 8 heteroatoms. The summed E-state index contributed by atoms with van der Waals surface area (Å²) in [5.41, 5.74) is 1.58. The summed E-state index contributed by atoms with van der Waals surface area (Å²) in [6, 6.07) is 8.85. The summed E-state index contributed by atoms with van der Waals surface area (Å²) in [7, 11) is 4.39. The first kappa shape index (κ1) is 20.7. The van der Waals surface area contributed by atoms with Gasteiger partial charge in [-0.15, -0.1) is 0 Å². The van der Waals surface area contributed by atoms with Crippen LogP contribution in [0.3, 0.4) is 0 Å². The minimum atomic E-state index is -0.224. The third kappa shape index (κ3) is 5.98. The van der Waals surface area contributed by atoms with E-state index in [1.807, 2.05) is 19.1 Å². The van der Waals surface area contributed by atoms with Gasteiger partial charge in [-0.05, 0) is 64.6 Å². The molecule has 1 aliphatic rings. The molecular weight excluding hydrogens is 374 g/mol. The summed E-state index contributed by atoms with van der Waals surface area (Å²) in [5, 5.41) is 2.83. The van der Waals surface area contributed by atoms with Crippen LogP contribution in [0, 0.1) is 0 Å². The molecule has 2 heterocycles. The van der Waals surface area contributed by atoms with Crippen LogP contribution in [0.5, 0.6) is 5.75 Å². The zero-order valence-corrected chi connectivity index (χ0v) is 17.6. The van der Waals surface area contributed by atoms with Crippen molar-refractivity contribution in [1.82, 2.24) is 23.9 Å². The van der Waals surface area contributed by atoms with Gasteiger partial charge in [0.05, 0.1) is 24.5 Å². The van der Waals surface area contributed by atoms with Gasteiger partial charge in [0.15, 0.2) is 5.69 Å². The fourth-order valence-corrected chi connectivity index (χ4v) is 3.85. The molecule has 152 valence electrons. The summed E-state index contributed by atoms with van der Waals surface area (Å²) < 4.78 is 13.8. The van der Waals surface area contributed by atoms with Crippen molar-refractivity contribution >= 4 is 17.6 Å². The Balaban J connectivity index is 1.47. The molecule has 1 fully saturated rings. The number of nitrogens with zero attached hydrogens (tertiary/aromatic N) is 4. The number of rotatable bonds is 8. The van der Waals surface area contributed by atoms with E-state index >= 15 is 0 Å². The van der Waals surface area contributed by atoms with Crippen LogP contribution < -0.4 is 10.1 Å². The molecule has 0 bridgehead atoms. The maximum absolute atomic E-state index is 11.9. The number of hydrogen-bond donors (Lipinski definition) is 1. The highest BCUT2D eigenvalue weighted by Gasteiger charge is 2.20. The number of carbonyl (C=O) groups excluding carboxylic acids is 1. The average molecular weight is 404 g/mol. The quantitative estimate of drug-likeness (QED) is 0.729. The maximum Gasteiger partial charge on any atom is 0.272 e. The molecule has 1 aliphatic heterocycles. The van der Waals surface area contributed by atoms with Crippen LogP contribution in [0.2, 0.25) is 0 Å². The SMILES string of the molecule is CC(CNC(=O)c1cnsn1)Oc1cccc(CN(C)C2CCN(C)CC2)c1. The third-order valence-electron chi connectivity index (χ3n) is 5.12. The molecule has 28 heavy (non-hydrogen) atoms. The van der Waals surface area contributed by atoms with E-state index in [9.17, 15) is 4.79 Å². The smallest absolute Gasteiger partial charge is 0.272 e. The first-order chi connectivity index (χ1) is 13.5. The molecule has 1 aromatic heterocycles. The standard InChI is InChI=1S/C20H29N5O2S/c1-15(12-21-20(26)19-13-22-28-23-19)27-18-6-4-5-16(11-18)14-25(3)17-7-9-24(2)10-8-17/h4-6,11,13,15,17H,7-10,12,14H2,1-3H3,(H,21,26). The summed E-state index contributed by atoms with van der Waals surface area (Å²) in [6.07, 6.45) is 3.76. The maximum atomic E-state index is 11.9. The molecule has 0 aliphatic carbocycles. The van der Waals surface area contributed by atoms with Gasteiger partial charge in [-0.3, -0.25) is 9.69 Å². The van der Waals surface area contributed by atoms with Gasteiger partial charge in [0.2, 0.25) is 0 Å². The number of nitrogens with one attached hydrogen (secondary N) is 1. The van der Waals surface area contributed by atoms with Gasteiger partial charge in [0.25, 0.3) is 5.91 Å². The second-order valence-corrected chi connectivity index (χ2v) is 8.08. The fraction of sp³-hybridized carbons (Fsp3) is 0.550. The highest BCUT2D eigenvalue weighted by Crippen LogP contribution is 2.20. The second-order valence-electron chi connectivity index (χ2n) is 7.53. The van der Waals surface area contributed by atoms with Crippen molar-refractivity contribution in [2.75, 3.05) is 33.7 Å². The predicted molar refractivity (Wildman–Crippen MR) is 111 cm³/mol. The molecule has 0 spiro atoms. The van der Waals surface area contributed by atoms with Gasteiger partial charge in [-0.25, -0.2) is 0 Å². The van der Waals surface area contributed by atoms with E-state index in [0.29, 0.717) is 18.3 Å². The minimum absolute atomic E-state index is 0.141. The Labute approximate surface area is 171 Å². The lowest BCUT2D eigenvalue weighted by molar-refractivity contribution is 0.0928. The molecule has 1 saturated heterocycles. The van der Waals surface area contributed by atoms with Gasteiger partial charge < -0.3 is 15.0 Å². The Morgan fingerprint density at radius 2 is 2.21 bits per heavy atom. The monoisotopic (exact) mass is 403 g/mol. The number of aromatic nitrogens is 2. The Hall–Kier alpha value is -2.03. The molecule has 3 rings (SSSR count). The van der Waals surface area contributed by atoms with E-state index in [2.05, 4.69) is 50.1 Å². The zero-order chi connectivity index (χ0) is 19.9. The van der Waals surface area contributed by atoms with Crippen LogP contribution in [0.4, 0.5) is 0 Å². The van der Waals surface area contributed by atoms with Gasteiger partial charge in [0, 0.05) is 12.6 Å². The van der Waals surface area contributed by atoms with Crippen molar-refractivity contribution in [3.63, 3.8) is 0 Å². The number of ether oxygens (including phenoxy) is 1. The van der Waals surface area contributed by atoms with Crippen LogP contribution >= 0.6 is 11.7 Å². The van der Waals surface area contributed by atoms with Crippen molar-refractivity contribution in [2.45, 2.75) is 38.5 Å². The Bertz CT molecular complexity index is 747. The number of benzene rings is 1. The number of carbonyl (C=O) groups is 1. The molecule has 2 aromatic rings. The molecule has 0 saturated carbocycles. The van der Waals surface area contributed by atoms with E-state index in [0.717, 1.165) is 24.0 Å². The molecule has 1 amide bonds. The largest absolute Gasteiger partial charge is 0.489 e. The Kier molecular flexibility index (Phi) is 7.36. The molecule has 0 radical (unpaired) electrons. The summed E-state index contributed by atoms with van der Waals surface area (Å²) >= 11 is 1.02. The van der Waals surface area contributed by atoms with Gasteiger partial charge >= 0.3 is 0 Å². The van der Waals surface area contributed by atoms with E-state index in [1.165, 1.54) is 37.7 Å². The second kappa shape index (κ2) is 9.95. The van der Waals surface area contributed by atoms with Crippen molar-refractivity contribution in [3.05, 3.63) is 41.7 Å². The third-order valence-corrected chi connectivity index (χ3v) is 5.60. The normalized spacial score (nSPS) is 16.9. The first-order valence-electron chi connectivity index (χ1n) is 9.71. The van der Waals surface area contributed by atoms with Gasteiger partial charge in [-0.2, -0.15) is 8.75 Å². The zero-order valence-electron chi connectivity index (χ0n) is 16.8. The molecular formula is C20H29N5O2S. The summed E-state index contributed by atoms with van der Waals surface area (Å²) in [5.74, 6) is 0.601. The lowest BCUT2D eigenvalue weighted by Gasteiger charge is -2.35. The number of hydrogen-bond acceptors (Lipinski definition) is 7. The molecule has 7 nitrogen and oxygen atoms in total. The summed E-state index contributed by atoms with van der Waals surface area (Å²) in [6.45, 7) is 5.59. The lowest BCUT2D eigenvalue weighted by atomic mass is 10.0. The number of piperidine rings is 1. The molecule has 1 aromatic carbocycles. The topological polar surface area (TPSA) is 70.6 Å².